The first-order valence-corrected chi connectivity index (χ1v) is 7.15. The average Bonchev–Trinajstić information content (AvgIpc) is 2.38. The molecule has 19 heavy (non-hydrogen) atoms. The fraction of sp³-hybridized carbons (Fsp3) is 0.533. The molecule has 4 heteroatoms. The smallest absolute Gasteiger partial charge is 0.303 e. The van der Waals surface area contributed by atoms with E-state index >= 15 is 0 Å². The maximum absolute atomic E-state index is 10.8. The monoisotopic (exact) mass is 281 g/mol. The van der Waals surface area contributed by atoms with Crippen LogP contribution in [-0.2, 0) is 4.79 Å². The van der Waals surface area contributed by atoms with Crippen molar-refractivity contribution < 1.29 is 9.90 Å². The van der Waals surface area contributed by atoms with E-state index in [0.717, 1.165) is 31.0 Å². The van der Waals surface area contributed by atoms with Crippen LogP contribution in [0.4, 0.5) is 0 Å². The molecule has 1 N–H and O–H groups in total. The Labute approximate surface area is 119 Å². The normalized spacial score (nSPS) is 22.1. The molecule has 2 atom stereocenters. The molecule has 2 unspecified atom stereocenters. The molecule has 2 rings (SSSR count). The number of hydrogen-bond acceptors (Lipinski definition) is 2. The zero-order valence-corrected chi connectivity index (χ0v) is 11.9. The number of rotatable bonds is 4. The Balaban J connectivity index is 2.00. The molecule has 0 aliphatic carbocycles. The second kappa shape index (κ2) is 6.40. The van der Waals surface area contributed by atoms with Gasteiger partial charge < -0.3 is 5.11 Å². The zero-order chi connectivity index (χ0) is 13.8. The number of nitrogens with zero attached hydrogens (tertiary/aromatic N) is 1. The van der Waals surface area contributed by atoms with E-state index in [9.17, 15) is 4.79 Å². The molecule has 0 amide bonds. The second-order valence-corrected chi connectivity index (χ2v) is 5.77. The number of likely N-dealkylation sites (tertiary alicyclic amines) is 1. The van der Waals surface area contributed by atoms with Gasteiger partial charge in [-0.15, -0.1) is 0 Å². The molecule has 3 nitrogen and oxygen atoms in total. The molecular weight excluding hydrogens is 262 g/mol. The van der Waals surface area contributed by atoms with Gasteiger partial charge in [0.1, 0.15) is 0 Å². The van der Waals surface area contributed by atoms with Crippen molar-refractivity contribution in [2.45, 2.75) is 32.2 Å². The summed E-state index contributed by atoms with van der Waals surface area (Å²) in [4.78, 5) is 13.2. The third kappa shape index (κ3) is 3.95. The molecule has 0 spiro atoms. The summed E-state index contributed by atoms with van der Waals surface area (Å²) in [5, 5.41) is 9.65. The molecule has 1 aromatic rings. The number of benzene rings is 1. The van der Waals surface area contributed by atoms with Crippen LogP contribution in [0.15, 0.2) is 24.3 Å². The minimum absolute atomic E-state index is 0.279. The van der Waals surface area contributed by atoms with Gasteiger partial charge in [0.15, 0.2) is 0 Å². The van der Waals surface area contributed by atoms with Crippen LogP contribution in [0.1, 0.15) is 37.8 Å². The van der Waals surface area contributed by atoms with E-state index in [0.29, 0.717) is 6.04 Å². The van der Waals surface area contributed by atoms with Crippen molar-refractivity contribution in [1.29, 1.82) is 0 Å². The van der Waals surface area contributed by atoms with Gasteiger partial charge in [0.2, 0.25) is 0 Å². The summed E-state index contributed by atoms with van der Waals surface area (Å²) in [6, 6.07) is 8.23. The standard InChI is InChI=1S/C15H20ClNO2/c1-11(13-4-6-14(16)7-5-13)17-8-2-3-12(10-17)9-15(18)19/h4-7,11-12H,2-3,8-10H2,1H3,(H,18,19). The van der Waals surface area contributed by atoms with Crippen LogP contribution in [0, 0.1) is 5.92 Å². The van der Waals surface area contributed by atoms with E-state index in [1.807, 2.05) is 24.3 Å². The quantitative estimate of drug-likeness (QED) is 0.917. The van der Waals surface area contributed by atoms with Crippen LogP contribution in [0.3, 0.4) is 0 Å². The first-order valence-electron chi connectivity index (χ1n) is 6.77. The average molecular weight is 282 g/mol. The molecule has 0 aromatic heterocycles. The third-order valence-electron chi connectivity index (χ3n) is 3.91. The number of carbonyl (C=O) groups is 1. The Bertz CT molecular complexity index is 432. The molecule has 104 valence electrons. The van der Waals surface area contributed by atoms with Crippen LogP contribution >= 0.6 is 11.6 Å². The summed E-state index contributed by atoms with van der Waals surface area (Å²) in [5.74, 6) is -0.410. The Morgan fingerprint density at radius 2 is 2.16 bits per heavy atom. The summed E-state index contributed by atoms with van der Waals surface area (Å²) < 4.78 is 0. The number of aliphatic carboxylic acids is 1. The van der Waals surface area contributed by atoms with Crippen molar-refractivity contribution in [1.82, 2.24) is 4.90 Å². The lowest BCUT2D eigenvalue weighted by molar-refractivity contribution is -0.138. The molecule has 1 aliphatic rings. The summed E-state index contributed by atoms with van der Waals surface area (Å²) >= 11 is 5.90. The Kier molecular flexibility index (Phi) is 4.83. The largest absolute Gasteiger partial charge is 0.481 e. The van der Waals surface area contributed by atoms with Crippen molar-refractivity contribution in [2.75, 3.05) is 13.1 Å². The zero-order valence-electron chi connectivity index (χ0n) is 11.2. The van der Waals surface area contributed by atoms with Crippen molar-refractivity contribution in [3.8, 4) is 0 Å². The van der Waals surface area contributed by atoms with Gasteiger partial charge in [0, 0.05) is 24.0 Å². The number of halogens is 1. The number of carboxylic acids is 1. The van der Waals surface area contributed by atoms with Crippen LogP contribution in [0.2, 0.25) is 5.02 Å². The van der Waals surface area contributed by atoms with E-state index in [-0.39, 0.29) is 12.3 Å². The topological polar surface area (TPSA) is 40.5 Å². The van der Waals surface area contributed by atoms with Crippen molar-refractivity contribution >= 4 is 17.6 Å². The highest BCUT2D eigenvalue weighted by molar-refractivity contribution is 6.30. The molecule has 1 saturated heterocycles. The highest BCUT2D eigenvalue weighted by atomic mass is 35.5. The van der Waals surface area contributed by atoms with Crippen molar-refractivity contribution in [3.63, 3.8) is 0 Å². The maximum Gasteiger partial charge on any atom is 0.303 e. The fourth-order valence-corrected chi connectivity index (χ4v) is 2.94. The number of carboxylic acid groups (broad SMARTS) is 1. The van der Waals surface area contributed by atoms with Gasteiger partial charge in [0.25, 0.3) is 0 Å². The molecule has 1 fully saturated rings. The van der Waals surface area contributed by atoms with E-state index in [2.05, 4.69) is 11.8 Å². The Morgan fingerprint density at radius 3 is 2.79 bits per heavy atom. The molecule has 0 bridgehead atoms. The molecule has 1 aliphatic heterocycles. The first kappa shape index (κ1) is 14.4. The lowest BCUT2D eigenvalue weighted by atomic mass is 9.93. The molecule has 1 aromatic carbocycles. The van der Waals surface area contributed by atoms with Crippen LogP contribution < -0.4 is 0 Å². The van der Waals surface area contributed by atoms with Gasteiger partial charge in [0.05, 0.1) is 0 Å². The summed E-state index contributed by atoms with van der Waals surface area (Å²) in [6.45, 7) is 4.09. The van der Waals surface area contributed by atoms with E-state index in [1.54, 1.807) is 0 Å². The van der Waals surface area contributed by atoms with Gasteiger partial charge in [-0.05, 0) is 49.9 Å². The van der Waals surface area contributed by atoms with Gasteiger partial charge in [-0.25, -0.2) is 0 Å². The predicted octanol–water partition coefficient (Wildman–Crippen LogP) is 3.59. The van der Waals surface area contributed by atoms with Gasteiger partial charge in [-0.2, -0.15) is 0 Å². The molecule has 0 radical (unpaired) electrons. The summed E-state index contributed by atoms with van der Waals surface area (Å²) in [7, 11) is 0. The van der Waals surface area contributed by atoms with Crippen molar-refractivity contribution in [2.24, 2.45) is 5.92 Å². The van der Waals surface area contributed by atoms with E-state index < -0.39 is 5.97 Å². The van der Waals surface area contributed by atoms with Gasteiger partial charge >= 0.3 is 5.97 Å². The van der Waals surface area contributed by atoms with E-state index in [1.165, 1.54) is 5.56 Å². The Hall–Kier alpha value is -1.06. The highest BCUT2D eigenvalue weighted by Crippen LogP contribution is 2.28. The summed E-state index contributed by atoms with van der Waals surface area (Å²) in [5.41, 5.74) is 1.24. The number of hydrogen-bond donors (Lipinski definition) is 1. The molecule has 1 heterocycles. The lowest BCUT2D eigenvalue weighted by Gasteiger charge is -2.36. The SMILES string of the molecule is CC(c1ccc(Cl)cc1)N1CCCC(CC(=O)O)C1. The third-order valence-corrected chi connectivity index (χ3v) is 4.17. The van der Waals surface area contributed by atoms with Gasteiger partial charge in [-0.3, -0.25) is 9.69 Å². The predicted molar refractivity (Wildman–Crippen MR) is 76.4 cm³/mol. The first-order chi connectivity index (χ1) is 9.06. The van der Waals surface area contributed by atoms with Gasteiger partial charge in [-0.1, -0.05) is 23.7 Å². The van der Waals surface area contributed by atoms with E-state index in [4.69, 9.17) is 16.7 Å². The van der Waals surface area contributed by atoms with Crippen LogP contribution in [0.25, 0.3) is 0 Å². The Morgan fingerprint density at radius 1 is 1.47 bits per heavy atom. The highest BCUT2D eigenvalue weighted by Gasteiger charge is 2.25. The lowest BCUT2D eigenvalue weighted by Crippen LogP contribution is -2.37. The molecular formula is C15H20ClNO2. The van der Waals surface area contributed by atoms with Crippen LogP contribution in [-0.4, -0.2) is 29.1 Å². The minimum Gasteiger partial charge on any atom is -0.481 e. The second-order valence-electron chi connectivity index (χ2n) is 5.33. The summed E-state index contributed by atoms with van der Waals surface area (Å²) in [6.07, 6.45) is 2.38. The fourth-order valence-electron chi connectivity index (χ4n) is 2.81. The van der Waals surface area contributed by atoms with Crippen molar-refractivity contribution in [3.05, 3.63) is 34.9 Å². The van der Waals surface area contributed by atoms with Crippen LogP contribution in [0.5, 0.6) is 0 Å². The molecule has 0 saturated carbocycles. The minimum atomic E-state index is -0.689. The maximum atomic E-state index is 10.8. The number of piperidine rings is 1.